The largest absolute Gasteiger partial charge is 0.480 e. The molecule has 158 valence electrons. The third kappa shape index (κ3) is 2.01. The molecule has 0 aromatic heterocycles. The number of anilines is 1. The van der Waals surface area contributed by atoms with Gasteiger partial charge < -0.3 is 5.11 Å². The lowest BCUT2D eigenvalue weighted by Gasteiger charge is -2.51. The van der Waals surface area contributed by atoms with E-state index < -0.39 is 29.1 Å². The van der Waals surface area contributed by atoms with Gasteiger partial charge in [-0.3, -0.25) is 14.4 Å². The molecule has 0 spiro atoms. The summed E-state index contributed by atoms with van der Waals surface area (Å²) >= 11 is 0. The molecule has 4 aliphatic rings. The highest BCUT2D eigenvalue weighted by Crippen LogP contribution is 2.64. The quantitative estimate of drug-likeness (QED) is 0.649. The predicted octanol–water partition coefficient (Wildman–Crippen LogP) is 3.88. The Morgan fingerprint density at radius 3 is 2.03 bits per heavy atom. The number of nitrogens with zero attached hydrogens (tertiary/aromatic N) is 1. The molecule has 1 heterocycles. The fourth-order valence-electron chi connectivity index (χ4n) is 6.40. The molecular formula is C27H21NO4. The van der Waals surface area contributed by atoms with E-state index in [-0.39, 0.29) is 11.8 Å². The van der Waals surface area contributed by atoms with E-state index in [0.29, 0.717) is 23.2 Å². The van der Waals surface area contributed by atoms with E-state index in [9.17, 15) is 19.5 Å². The maximum atomic E-state index is 14.0. The van der Waals surface area contributed by atoms with Crippen LogP contribution in [0, 0.1) is 11.8 Å². The van der Waals surface area contributed by atoms with Crippen LogP contribution in [0.1, 0.15) is 40.7 Å². The summed E-state index contributed by atoms with van der Waals surface area (Å²) in [6.07, 6.45) is 0.663. The van der Waals surface area contributed by atoms with E-state index in [1.807, 2.05) is 73.7 Å². The number of hydrogen-bond acceptors (Lipinski definition) is 3. The molecule has 7 rings (SSSR count). The van der Waals surface area contributed by atoms with E-state index in [1.54, 1.807) is 6.07 Å². The summed E-state index contributed by atoms with van der Waals surface area (Å²) in [5.74, 6) is -3.88. The molecule has 1 saturated heterocycles. The Bertz CT molecular complexity index is 1280. The van der Waals surface area contributed by atoms with Crippen LogP contribution in [0.5, 0.6) is 0 Å². The molecule has 3 aromatic carbocycles. The van der Waals surface area contributed by atoms with E-state index in [2.05, 4.69) is 0 Å². The molecule has 1 N–H and O–H groups in total. The molecule has 1 fully saturated rings. The van der Waals surface area contributed by atoms with Crippen LogP contribution in [0.3, 0.4) is 0 Å². The number of para-hydroxylation sites is 1. The van der Waals surface area contributed by atoms with Gasteiger partial charge in [-0.2, -0.15) is 0 Å². The van der Waals surface area contributed by atoms with Crippen LogP contribution in [0.4, 0.5) is 5.69 Å². The topological polar surface area (TPSA) is 74.7 Å². The first-order chi connectivity index (χ1) is 15.5. The van der Waals surface area contributed by atoms with Gasteiger partial charge >= 0.3 is 5.97 Å². The molecular weight excluding hydrogens is 402 g/mol. The van der Waals surface area contributed by atoms with Gasteiger partial charge in [-0.15, -0.1) is 0 Å². The van der Waals surface area contributed by atoms with Gasteiger partial charge in [0, 0.05) is 5.92 Å². The minimum Gasteiger partial charge on any atom is -0.480 e. The van der Waals surface area contributed by atoms with Crippen LogP contribution < -0.4 is 4.90 Å². The number of aliphatic carboxylic acids is 1. The molecule has 2 amide bonds. The fraction of sp³-hybridized carbons (Fsp3) is 0.222. The van der Waals surface area contributed by atoms with Crippen LogP contribution in [0.15, 0.2) is 72.8 Å². The van der Waals surface area contributed by atoms with E-state index in [0.717, 1.165) is 16.7 Å². The van der Waals surface area contributed by atoms with Gasteiger partial charge in [0.05, 0.1) is 17.5 Å². The second-order valence-electron chi connectivity index (χ2n) is 8.76. The Kier molecular flexibility index (Phi) is 3.79. The summed E-state index contributed by atoms with van der Waals surface area (Å²) in [7, 11) is 0. The van der Waals surface area contributed by atoms with Crippen molar-refractivity contribution in [2.75, 3.05) is 4.90 Å². The Balaban J connectivity index is 1.67. The average molecular weight is 423 g/mol. The van der Waals surface area contributed by atoms with Crippen LogP contribution in [-0.4, -0.2) is 22.9 Å². The molecule has 0 saturated carbocycles. The van der Waals surface area contributed by atoms with Crippen molar-refractivity contribution in [2.24, 2.45) is 11.8 Å². The highest BCUT2D eigenvalue weighted by atomic mass is 16.4. The SMILES string of the molecule is CCc1ccccc1N1C(=O)C2C3c4ccccc4C(C(=O)O)(c4ccccc43)C2C1=O. The van der Waals surface area contributed by atoms with Crippen molar-refractivity contribution in [2.45, 2.75) is 24.7 Å². The van der Waals surface area contributed by atoms with Gasteiger partial charge in [0.2, 0.25) is 11.8 Å². The molecule has 3 aromatic rings. The molecule has 0 radical (unpaired) electrons. The molecule has 1 aliphatic heterocycles. The van der Waals surface area contributed by atoms with Gasteiger partial charge in [0.15, 0.2) is 0 Å². The lowest BCUT2D eigenvalue weighted by Crippen LogP contribution is -2.57. The zero-order valence-electron chi connectivity index (χ0n) is 17.5. The second kappa shape index (κ2) is 6.39. The monoisotopic (exact) mass is 423 g/mol. The molecule has 2 unspecified atom stereocenters. The maximum Gasteiger partial charge on any atom is 0.319 e. The highest BCUT2D eigenvalue weighted by molar-refractivity contribution is 6.25. The summed E-state index contributed by atoms with van der Waals surface area (Å²) in [6, 6.07) is 22.2. The van der Waals surface area contributed by atoms with E-state index in [1.165, 1.54) is 4.90 Å². The van der Waals surface area contributed by atoms with Gasteiger partial charge in [0.1, 0.15) is 5.41 Å². The molecule has 32 heavy (non-hydrogen) atoms. The predicted molar refractivity (Wildman–Crippen MR) is 118 cm³/mol. The maximum absolute atomic E-state index is 14.0. The van der Waals surface area contributed by atoms with Crippen molar-refractivity contribution in [3.63, 3.8) is 0 Å². The van der Waals surface area contributed by atoms with Crippen molar-refractivity contribution >= 4 is 23.5 Å². The highest BCUT2D eigenvalue weighted by Gasteiger charge is 2.71. The van der Waals surface area contributed by atoms with Gasteiger partial charge in [-0.25, -0.2) is 4.90 Å². The van der Waals surface area contributed by atoms with Crippen molar-refractivity contribution in [1.29, 1.82) is 0 Å². The Labute approximate surface area is 185 Å². The van der Waals surface area contributed by atoms with Gasteiger partial charge in [-0.05, 0) is 40.3 Å². The summed E-state index contributed by atoms with van der Waals surface area (Å²) in [4.78, 5) is 42.3. The van der Waals surface area contributed by atoms with Crippen LogP contribution in [0.2, 0.25) is 0 Å². The van der Waals surface area contributed by atoms with Gasteiger partial charge in [-0.1, -0.05) is 73.7 Å². The van der Waals surface area contributed by atoms with Crippen molar-refractivity contribution in [3.8, 4) is 0 Å². The number of carbonyl (C=O) groups is 3. The zero-order valence-corrected chi connectivity index (χ0v) is 17.5. The Hall–Kier alpha value is -3.73. The lowest BCUT2D eigenvalue weighted by molar-refractivity contribution is -0.149. The van der Waals surface area contributed by atoms with Crippen molar-refractivity contribution < 1.29 is 19.5 Å². The smallest absolute Gasteiger partial charge is 0.319 e. The number of hydrogen-bond donors (Lipinski definition) is 1. The standard InChI is InChI=1S/C27H21NO4/c1-2-15-9-3-8-14-20(15)28-24(29)22-21-16-10-4-6-12-18(16)27(26(31)32,23(22)25(28)30)19-13-7-5-11-17(19)21/h3-14,21-23H,2H2,1H3,(H,31,32). The molecule has 2 atom stereocenters. The summed E-state index contributed by atoms with van der Waals surface area (Å²) in [5, 5.41) is 10.7. The van der Waals surface area contributed by atoms with Crippen LogP contribution in [-0.2, 0) is 26.2 Å². The first-order valence-electron chi connectivity index (χ1n) is 10.9. The number of carboxylic acid groups (broad SMARTS) is 1. The number of carbonyl (C=O) groups excluding carboxylic acids is 2. The lowest BCUT2D eigenvalue weighted by atomic mass is 9.47. The zero-order chi connectivity index (χ0) is 22.2. The Morgan fingerprint density at radius 1 is 0.875 bits per heavy atom. The number of amides is 2. The van der Waals surface area contributed by atoms with Crippen LogP contribution in [0.25, 0.3) is 0 Å². The number of rotatable bonds is 3. The molecule has 5 nitrogen and oxygen atoms in total. The molecule has 5 heteroatoms. The van der Waals surface area contributed by atoms with E-state index in [4.69, 9.17) is 0 Å². The first-order valence-corrected chi connectivity index (χ1v) is 10.9. The number of imide groups is 1. The van der Waals surface area contributed by atoms with E-state index >= 15 is 0 Å². The van der Waals surface area contributed by atoms with Crippen molar-refractivity contribution in [1.82, 2.24) is 0 Å². The summed E-state index contributed by atoms with van der Waals surface area (Å²) in [6.45, 7) is 1.98. The Morgan fingerprint density at radius 2 is 1.44 bits per heavy atom. The molecule has 2 bridgehead atoms. The number of aryl methyl sites for hydroxylation is 1. The minimum atomic E-state index is -1.59. The minimum absolute atomic E-state index is 0.305. The number of carboxylic acids is 1. The normalized spacial score (nSPS) is 27.2. The number of benzene rings is 3. The fourth-order valence-corrected chi connectivity index (χ4v) is 6.40. The first kappa shape index (κ1) is 19.0. The third-order valence-corrected chi connectivity index (χ3v) is 7.57. The summed E-state index contributed by atoms with van der Waals surface area (Å²) in [5.41, 5.74) is 2.79. The van der Waals surface area contributed by atoms with Crippen LogP contribution >= 0.6 is 0 Å². The van der Waals surface area contributed by atoms with Crippen molar-refractivity contribution in [3.05, 3.63) is 101 Å². The second-order valence-corrected chi connectivity index (χ2v) is 8.76. The average Bonchev–Trinajstić information content (AvgIpc) is 3.09. The molecule has 3 aliphatic carbocycles. The van der Waals surface area contributed by atoms with Gasteiger partial charge in [0.25, 0.3) is 0 Å². The third-order valence-electron chi connectivity index (χ3n) is 7.57. The summed E-state index contributed by atoms with van der Waals surface area (Å²) < 4.78 is 0.